The molecule has 2 aromatic rings. The van der Waals surface area contributed by atoms with Gasteiger partial charge in [0.15, 0.2) is 0 Å². The van der Waals surface area contributed by atoms with Crippen molar-refractivity contribution in [1.29, 1.82) is 0 Å². The van der Waals surface area contributed by atoms with Crippen LogP contribution in [0.3, 0.4) is 0 Å². The second-order valence-electron chi connectivity index (χ2n) is 5.79. The van der Waals surface area contributed by atoms with E-state index in [0.29, 0.717) is 18.5 Å². The van der Waals surface area contributed by atoms with Crippen molar-refractivity contribution in [3.05, 3.63) is 65.7 Å². The summed E-state index contributed by atoms with van der Waals surface area (Å²) in [5.41, 5.74) is 1.69. The van der Waals surface area contributed by atoms with Gasteiger partial charge in [-0.2, -0.15) is 0 Å². The number of carbonyl (C=O) groups excluding carboxylic acids is 1. The summed E-state index contributed by atoms with van der Waals surface area (Å²) in [6, 6.07) is 16.9. The van der Waals surface area contributed by atoms with Crippen LogP contribution in [0.2, 0.25) is 0 Å². The standard InChI is InChI=1S/C19H19NO3S/c21-18(20-12-4-7-17(20)19(22)23)15-10-8-14(9-11-15)13-24-16-5-2-1-3-6-16/h1-3,5-6,8-11,17H,4,7,12-13H2,(H,22,23)/t17-/m1/s1. The van der Waals surface area contributed by atoms with E-state index in [1.54, 1.807) is 23.9 Å². The molecule has 0 aliphatic carbocycles. The third kappa shape index (κ3) is 3.79. The van der Waals surface area contributed by atoms with E-state index in [2.05, 4.69) is 12.1 Å². The fraction of sp³-hybridized carbons (Fsp3) is 0.263. The minimum Gasteiger partial charge on any atom is -0.480 e. The quantitative estimate of drug-likeness (QED) is 0.843. The molecular formula is C19H19NO3S. The first-order valence-electron chi connectivity index (χ1n) is 7.96. The zero-order chi connectivity index (χ0) is 16.9. The molecule has 24 heavy (non-hydrogen) atoms. The molecule has 3 rings (SSSR count). The Balaban J connectivity index is 1.63. The molecule has 0 spiro atoms. The fourth-order valence-electron chi connectivity index (χ4n) is 2.86. The summed E-state index contributed by atoms with van der Waals surface area (Å²) >= 11 is 1.74. The second kappa shape index (κ2) is 7.53. The molecule has 0 aromatic heterocycles. The predicted molar refractivity (Wildman–Crippen MR) is 94.1 cm³/mol. The Morgan fingerprint density at radius 3 is 2.46 bits per heavy atom. The SMILES string of the molecule is O=C(O)[C@H]1CCCN1C(=O)c1ccc(CSc2ccccc2)cc1. The van der Waals surface area contributed by atoms with Crippen LogP contribution < -0.4 is 0 Å². The van der Waals surface area contributed by atoms with Crippen LogP contribution in [0.4, 0.5) is 0 Å². The van der Waals surface area contributed by atoms with Crippen LogP contribution in [0, 0.1) is 0 Å². The molecule has 1 N–H and O–H groups in total. The van der Waals surface area contributed by atoms with Gasteiger partial charge in [-0.15, -0.1) is 11.8 Å². The van der Waals surface area contributed by atoms with Gasteiger partial charge in [-0.1, -0.05) is 30.3 Å². The summed E-state index contributed by atoms with van der Waals surface area (Å²) in [6.45, 7) is 0.515. The van der Waals surface area contributed by atoms with Gasteiger partial charge in [0.05, 0.1) is 0 Å². The van der Waals surface area contributed by atoms with Crippen molar-refractivity contribution in [2.45, 2.75) is 29.5 Å². The lowest BCUT2D eigenvalue weighted by atomic mass is 10.1. The average molecular weight is 341 g/mol. The first kappa shape index (κ1) is 16.6. The molecule has 0 bridgehead atoms. The normalized spacial score (nSPS) is 17.0. The number of carbonyl (C=O) groups is 2. The van der Waals surface area contributed by atoms with Gasteiger partial charge in [0.25, 0.3) is 5.91 Å². The van der Waals surface area contributed by atoms with Crippen molar-refractivity contribution in [3.63, 3.8) is 0 Å². The molecule has 1 amide bonds. The highest BCUT2D eigenvalue weighted by Gasteiger charge is 2.34. The lowest BCUT2D eigenvalue weighted by molar-refractivity contribution is -0.141. The molecule has 124 valence electrons. The monoisotopic (exact) mass is 341 g/mol. The number of carboxylic acids is 1. The molecule has 1 aliphatic heterocycles. The topological polar surface area (TPSA) is 57.6 Å². The van der Waals surface area contributed by atoms with Crippen LogP contribution in [0.1, 0.15) is 28.8 Å². The summed E-state index contributed by atoms with van der Waals surface area (Å²) in [5.74, 6) is -0.279. The maximum atomic E-state index is 12.5. The molecule has 0 saturated carbocycles. The molecule has 1 atom stereocenters. The molecule has 1 saturated heterocycles. The second-order valence-corrected chi connectivity index (χ2v) is 6.84. The van der Waals surface area contributed by atoms with Gasteiger partial charge in [0.1, 0.15) is 6.04 Å². The number of carboxylic acid groups (broad SMARTS) is 1. The van der Waals surface area contributed by atoms with Gasteiger partial charge in [0.2, 0.25) is 0 Å². The Morgan fingerprint density at radius 2 is 1.79 bits per heavy atom. The van der Waals surface area contributed by atoms with Crippen molar-refractivity contribution in [1.82, 2.24) is 4.90 Å². The predicted octanol–water partition coefficient (Wildman–Crippen LogP) is 3.67. The van der Waals surface area contributed by atoms with Gasteiger partial charge in [-0.3, -0.25) is 4.79 Å². The lowest BCUT2D eigenvalue weighted by Gasteiger charge is -2.21. The Morgan fingerprint density at radius 1 is 1.08 bits per heavy atom. The van der Waals surface area contributed by atoms with Crippen molar-refractivity contribution < 1.29 is 14.7 Å². The molecule has 4 nitrogen and oxygen atoms in total. The number of rotatable bonds is 5. The van der Waals surface area contributed by atoms with Crippen LogP contribution in [-0.2, 0) is 10.5 Å². The summed E-state index contributed by atoms with van der Waals surface area (Å²) < 4.78 is 0. The maximum Gasteiger partial charge on any atom is 0.326 e. The van der Waals surface area contributed by atoms with Crippen molar-refractivity contribution in [2.24, 2.45) is 0 Å². The minimum atomic E-state index is -0.920. The number of aliphatic carboxylic acids is 1. The van der Waals surface area contributed by atoms with E-state index in [9.17, 15) is 14.7 Å². The molecule has 1 heterocycles. The smallest absolute Gasteiger partial charge is 0.326 e. The number of thioether (sulfide) groups is 1. The maximum absolute atomic E-state index is 12.5. The largest absolute Gasteiger partial charge is 0.480 e. The van der Waals surface area contributed by atoms with Crippen LogP contribution in [0.5, 0.6) is 0 Å². The zero-order valence-electron chi connectivity index (χ0n) is 13.2. The van der Waals surface area contributed by atoms with Gasteiger partial charge in [-0.05, 0) is 42.7 Å². The first-order chi connectivity index (χ1) is 11.6. The third-order valence-corrected chi connectivity index (χ3v) is 5.23. The van der Waals surface area contributed by atoms with Gasteiger partial charge < -0.3 is 10.0 Å². The minimum absolute atomic E-state index is 0.192. The van der Waals surface area contributed by atoms with Crippen molar-refractivity contribution in [3.8, 4) is 0 Å². The average Bonchev–Trinajstić information content (AvgIpc) is 3.11. The van der Waals surface area contributed by atoms with Gasteiger partial charge in [-0.25, -0.2) is 4.79 Å². The highest BCUT2D eigenvalue weighted by atomic mass is 32.2. The summed E-state index contributed by atoms with van der Waals surface area (Å²) in [7, 11) is 0. The van der Waals surface area contributed by atoms with Crippen LogP contribution in [-0.4, -0.2) is 34.5 Å². The number of likely N-dealkylation sites (tertiary alicyclic amines) is 1. The molecule has 2 aromatic carbocycles. The molecule has 1 fully saturated rings. The van der Waals surface area contributed by atoms with Crippen molar-refractivity contribution in [2.75, 3.05) is 6.54 Å². The number of hydrogen-bond donors (Lipinski definition) is 1. The lowest BCUT2D eigenvalue weighted by Crippen LogP contribution is -2.40. The summed E-state index contributed by atoms with van der Waals surface area (Å²) in [4.78, 5) is 26.4. The van der Waals surface area contributed by atoms with E-state index in [0.717, 1.165) is 17.7 Å². The highest BCUT2D eigenvalue weighted by molar-refractivity contribution is 7.98. The summed E-state index contributed by atoms with van der Waals surface area (Å²) in [6.07, 6.45) is 1.28. The molecule has 0 unspecified atom stereocenters. The number of hydrogen-bond acceptors (Lipinski definition) is 3. The molecule has 1 aliphatic rings. The van der Waals surface area contributed by atoms with E-state index >= 15 is 0 Å². The molecular weight excluding hydrogens is 322 g/mol. The molecule has 5 heteroatoms. The highest BCUT2D eigenvalue weighted by Crippen LogP contribution is 2.24. The number of benzene rings is 2. The summed E-state index contributed by atoms with van der Waals surface area (Å²) in [5, 5.41) is 9.21. The fourth-order valence-corrected chi connectivity index (χ4v) is 3.73. The first-order valence-corrected chi connectivity index (χ1v) is 8.94. The van der Waals surface area contributed by atoms with Crippen LogP contribution >= 0.6 is 11.8 Å². The van der Waals surface area contributed by atoms with E-state index in [-0.39, 0.29) is 5.91 Å². The molecule has 0 radical (unpaired) electrons. The van der Waals surface area contributed by atoms with Gasteiger partial charge >= 0.3 is 5.97 Å². The Labute approximate surface area is 145 Å². The van der Waals surface area contributed by atoms with Crippen molar-refractivity contribution >= 4 is 23.6 Å². The van der Waals surface area contributed by atoms with E-state index in [1.165, 1.54) is 9.80 Å². The van der Waals surface area contributed by atoms with Crippen LogP contribution in [0.15, 0.2) is 59.5 Å². The number of amides is 1. The Kier molecular flexibility index (Phi) is 5.20. The Hall–Kier alpha value is -2.27. The van der Waals surface area contributed by atoms with Gasteiger partial charge in [0, 0.05) is 22.8 Å². The van der Waals surface area contributed by atoms with E-state index < -0.39 is 12.0 Å². The van der Waals surface area contributed by atoms with Crippen LogP contribution in [0.25, 0.3) is 0 Å². The number of nitrogens with zero attached hydrogens (tertiary/aromatic N) is 1. The van der Waals surface area contributed by atoms with E-state index in [1.807, 2.05) is 30.3 Å². The third-order valence-electron chi connectivity index (χ3n) is 4.15. The van der Waals surface area contributed by atoms with E-state index in [4.69, 9.17) is 0 Å². The Bertz CT molecular complexity index is 715. The zero-order valence-corrected chi connectivity index (χ0v) is 14.0.